The third kappa shape index (κ3) is 6.83. The van der Waals surface area contributed by atoms with Crippen molar-refractivity contribution in [2.24, 2.45) is 7.05 Å². The van der Waals surface area contributed by atoms with E-state index in [0.717, 1.165) is 49.3 Å². The fourth-order valence-electron chi connectivity index (χ4n) is 4.97. The van der Waals surface area contributed by atoms with Gasteiger partial charge in [0, 0.05) is 57.8 Å². The van der Waals surface area contributed by atoms with Crippen LogP contribution in [-0.4, -0.2) is 72.9 Å². The van der Waals surface area contributed by atoms with Gasteiger partial charge in [-0.05, 0) is 36.1 Å². The molecule has 0 atom stereocenters. The third-order valence-corrected chi connectivity index (χ3v) is 8.76. The van der Waals surface area contributed by atoms with Gasteiger partial charge in [0.2, 0.25) is 10.0 Å². The number of piperazine rings is 1. The summed E-state index contributed by atoms with van der Waals surface area (Å²) in [4.78, 5) is 15.1. The molecule has 11 heteroatoms. The van der Waals surface area contributed by atoms with Crippen molar-refractivity contribution in [3.05, 3.63) is 76.6 Å². The Labute approximate surface area is 235 Å². The second-order valence-electron chi connectivity index (χ2n) is 10.5. The van der Waals surface area contributed by atoms with E-state index in [1.807, 2.05) is 36.4 Å². The van der Waals surface area contributed by atoms with E-state index in [0.29, 0.717) is 49.4 Å². The number of hydrogen-bond donors (Lipinski definition) is 1. The van der Waals surface area contributed by atoms with Crippen LogP contribution in [0.5, 0.6) is 11.5 Å². The molecule has 214 valence electrons. The number of hydrogen-bond acceptors (Lipinski definition) is 7. The standard InChI is InChI=1S/C29H37N5O5S/c1-32-26(17-25(31-32)23-11-12-23)29(35)30-18-24-5-4-6-27(28(24)38-2)39-20-22-9-7-21(8-10-22)19-33-13-15-34(16-14-33)40(3,36)37/h4-10,17,23H,11-16,18-20H2,1-3H3,(H,30,35). The number of ether oxygens (including phenoxy) is 2. The fraction of sp³-hybridized carbons (Fsp3) is 0.448. The Balaban J connectivity index is 1.14. The third-order valence-electron chi connectivity index (χ3n) is 7.45. The van der Waals surface area contributed by atoms with Gasteiger partial charge in [-0.3, -0.25) is 14.4 Å². The number of aryl methyl sites for hydroxylation is 1. The van der Waals surface area contributed by atoms with Crippen LogP contribution in [0.4, 0.5) is 0 Å². The quantitative estimate of drug-likeness (QED) is 0.380. The van der Waals surface area contributed by atoms with Crippen LogP contribution in [0.1, 0.15) is 51.6 Å². The van der Waals surface area contributed by atoms with Crippen molar-refractivity contribution in [1.29, 1.82) is 0 Å². The molecule has 2 heterocycles. The maximum Gasteiger partial charge on any atom is 0.269 e. The summed E-state index contributed by atoms with van der Waals surface area (Å²) >= 11 is 0. The Morgan fingerprint density at radius 3 is 2.40 bits per heavy atom. The topological polar surface area (TPSA) is 106 Å². The summed E-state index contributed by atoms with van der Waals surface area (Å²) in [6.45, 7) is 3.95. The first-order valence-corrected chi connectivity index (χ1v) is 15.4. The van der Waals surface area contributed by atoms with Crippen LogP contribution in [0.25, 0.3) is 0 Å². The zero-order valence-corrected chi connectivity index (χ0v) is 24.1. The van der Waals surface area contributed by atoms with E-state index in [2.05, 4.69) is 27.4 Å². The molecule has 2 fully saturated rings. The van der Waals surface area contributed by atoms with E-state index in [-0.39, 0.29) is 5.91 Å². The summed E-state index contributed by atoms with van der Waals surface area (Å²) in [6, 6.07) is 15.8. The lowest BCUT2D eigenvalue weighted by molar-refractivity contribution is 0.0941. The number of carbonyl (C=O) groups is 1. The van der Waals surface area contributed by atoms with Crippen LogP contribution in [0.3, 0.4) is 0 Å². The van der Waals surface area contributed by atoms with E-state index < -0.39 is 10.0 Å². The van der Waals surface area contributed by atoms with Crippen molar-refractivity contribution in [3.63, 3.8) is 0 Å². The highest BCUT2D eigenvalue weighted by atomic mass is 32.2. The number of sulfonamides is 1. The minimum atomic E-state index is -3.12. The number of methoxy groups -OCH3 is 1. The summed E-state index contributed by atoms with van der Waals surface area (Å²) in [5, 5.41) is 7.46. The summed E-state index contributed by atoms with van der Waals surface area (Å²) in [7, 11) is 0.271. The molecule has 2 aliphatic rings. The molecule has 3 aromatic rings. The van der Waals surface area contributed by atoms with Crippen molar-refractivity contribution in [2.75, 3.05) is 39.5 Å². The summed E-state index contributed by atoms with van der Waals surface area (Å²) < 4.78 is 38.4. The van der Waals surface area contributed by atoms with Crippen LogP contribution in [0.15, 0.2) is 48.5 Å². The van der Waals surface area contributed by atoms with Crippen molar-refractivity contribution >= 4 is 15.9 Å². The second kappa shape index (κ2) is 12.0. The highest BCUT2D eigenvalue weighted by Gasteiger charge is 2.28. The SMILES string of the molecule is COc1c(CNC(=O)c2cc(C3CC3)nn2C)cccc1OCc1ccc(CN2CCN(S(C)(=O)=O)CC2)cc1. The average Bonchev–Trinajstić information content (AvgIpc) is 3.72. The van der Waals surface area contributed by atoms with Gasteiger partial charge in [-0.2, -0.15) is 9.40 Å². The second-order valence-corrected chi connectivity index (χ2v) is 12.5. The predicted octanol–water partition coefficient (Wildman–Crippen LogP) is 2.89. The number of rotatable bonds is 11. The lowest BCUT2D eigenvalue weighted by Crippen LogP contribution is -2.47. The molecule has 10 nitrogen and oxygen atoms in total. The van der Waals surface area contributed by atoms with Crippen LogP contribution in [0.2, 0.25) is 0 Å². The molecule has 1 saturated heterocycles. The van der Waals surface area contributed by atoms with E-state index in [1.54, 1.807) is 18.8 Å². The van der Waals surface area contributed by atoms with Gasteiger partial charge in [0.1, 0.15) is 12.3 Å². The zero-order chi connectivity index (χ0) is 28.3. The molecule has 1 aromatic heterocycles. The monoisotopic (exact) mass is 567 g/mol. The first kappa shape index (κ1) is 28.1. The molecule has 1 aliphatic heterocycles. The number of amides is 1. The number of nitrogens with one attached hydrogen (secondary N) is 1. The smallest absolute Gasteiger partial charge is 0.269 e. The van der Waals surface area contributed by atoms with Crippen LogP contribution < -0.4 is 14.8 Å². The van der Waals surface area contributed by atoms with Gasteiger partial charge in [0.25, 0.3) is 5.91 Å². The average molecular weight is 568 g/mol. The van der Waals surface area contributed by atoms with Gasteiger partial charge in [-0.25, -0.2) is 8.42 Å². The highest BCUT2D eigenvalue weighted by molar-refractivity contribution is 7.88. The molecule has 1 saturated carbocycles. The molecule has 5 rings (SSSR count). The van der Waals surface area contributed by atoms with Gasteiger partial charge >= 0.3 is 0 Å². The molecule has 0 bridgehead atoms. The molecule has 40 heavy (non-hydrogen) atoms. The molecular formula is C29H37N5O5S. The normalized spacial score (nSPS) is 16.6. The Morgan fingerprint density at radius 1 is 1.05 bits per heavy atom. The van der Waals surface area contributed by atoms with Crippen molar-refractivity contribution in [1.82, 2.24) is 24.3 Å². The number of aromatic nitrogens is 2. The minimum Gasteiger partial charge on any atom is -0.493 e. The Morgan fingerprint density at radius 2 is 1.75 bits per heavy atom. The Kier molecular flexibility index (Phi) is 8.43. The molecule has 0 radical (unpaired) electrons. The van der Waals surface area contributed by atoms with Crippen molar-refractivity contribution in [3.8, 4) is 11.5 Å². The predicted molar refractivity (Wildman–Crippen MR) is 152 cm³/mol. The number of carbonyl (C=O) groups excluding carboxylic acids is 1. The van der Waals surface area contributed by atoms with Crippen LogP contribution in [0, 0.1) is 0 Å². The van der Waals surface area contributed by atoms with Gasteiger partial charge < -0.3 is 14.8 Å². The lowest BCUT2D eigenvalue weighted by atomic mass is 10.1. The lowest BCUT2D eigenvalue weighted by Gasteiger charge is -2.33. The van der Waals surface area contributed by atoms with E-state index in [4.69, 9.17) is 9.47 Å². The minimum absolute atomic E-state index is 0.173. The maximum atomic E-state index is 12.8. The van der Waals surface area contributed by atoms with Gasteiger partial charge in [0.05, 0.1) is 19.1 Å². The maximum absolute atomic E-state index is 12.8. The van der Waals surface area contributed by atoms with Crippen LogP contribution >= 0.6 is 0 Å². The van der Waals surface area contributed by atoms with Crippen LogP contribution in [-0.2, 0) is 36.8 Å². The summed E-state index contributed by atoms with van der Waals surface area (Å²) in [5.41, 5.74) is 4.55. The van der Waals surface area contributed by atoms with E-state index in [1.165, 1.54) is 16.1 Å². The number of benzene rings is 2. The molecule has 1 aliphatic carbocycles. The largest absolute Gasteiger partial charge is 0.493 e. The molecular weight excluding hydrogens is 530 g/mol. The Hall–Kier alpha value is -3.41. The van der Waals surface area contributed by atoms with E-state index >= 15 is 0 Å². The Bertz CT molecular complexity index is 1440. The first-order chi connectivity index (χ1) is 19.2. The number of para-hydroxylation sites is 1. The molecule has 0 unspecified atom stereocenters. The fourth-order valence-corrected chi connectivity index (χ4v) is 5.80. The summed E-state index contributed by atoms with van der Waals surface area (Å²) in [6.07, 6.45) is 3.54. The van der Waals surface area contributed by atoms with Gasteiger partial charge in [0.15, 0.2) is 11.5 Å². The van der Waals surface area contributed by atoms with Gasteiger partial charge in [-0.1, -0.05) is 36.4 Å². The van der Waals surface area contributed by atoms with Crippen molar-refractivity contribution in [2.45, 2.75) is 38.5 Å². The molecule has 1 N–H and O–H groups in total. The van der Waals surface area contributed by atoms with Gasteiger partial charge in [-0.15, -0.1) is 0 Å². The zero-order valence-electron chi connectivity index (χ0n) is 23.3. The molecule has 1 amide bonds. The van der Waals surface area contributed by atoms with E-state index in [9.17, 15) is 13.2 Å². The number of nitrogens with zero attached hydrogens (tertiary/aromatic N) is 4. The highest BCUT2D eigenvalue weighted by Crippen LogP contribution is 2.39. The van der Waals surface area contributed by atoms with Crippen molar-refractivity contribution < 1.29 is 22.7 Å². The molecule has 0 spiro atoms. The molecule has 2 aromatic carbocycles. The first-order valence-electron chi connectivity index (χ1n) is 13.6. The summed E-state index contributed by atoms with van der Waals surface area (Å²) in [5.74, 6) is 1.52.